The van der Waals surface area contributed by atoms with Crippen LogP contribution in [0.3, 0.4) is 0 Å². The summed E-state index contributed by atoms with van der Waals surface area (Å²) >= 11 is 0. The number of alkyl halides is 3. The molecule has 1 atom stereocenters. The van der Waals surface area contributed by atoms with E-state index in [1.165, 1.54) is 12.1 Å². The fourth-order valence-electron chi connectivity index (χ4n) is 2.59. The highest BCUT2D eigenvalue weighted by molar-refractivity contribution is 7.93. The minimum atomic E-state index is -5.43. The summed E-state index contributed by atoms with van der Waals surface area (Å²) in [6.07, 6.45) is 1.45. The summed E-state index contributed by atoms with van der Waals surface area (Å²) in [5.74, 6) is 0. The number of nitrogens with one attached hydrogen (secondary N) is 1. The van der Waals surface area contributed by atoms with Crippen molar-refractivity contribution in [2.75, 3.05) is 22.8 Å². The highest BCUT2D eigenvalue weighted by Gasteiger charge is 2.46. The first-order valence-electron chi connectivity index (χ1n) is 7.26. The van der Waals surface area contributed by atoms with Crippen LogP contribution in [0, 0.1) is 0 Å². The highest BCUT2D eigenvalue weighted by atomic mass is 32.2. The molecule has 1 aromatic rings. The molecule has 0 saturated heterocycles. The number of halogens is 3. The first-order chi connectivity index (χ1) is 10.7. The summed E-state index contributed by atoms with van der Waals surface area (Å²) in [6.45, 7) is 4.91. The van der Waals surface area contributed by atoms with Crippen LogP contribution in [0.2, 0.25) is 0 Å². The van der Waals surface area contributed by atoms with Crippen molar-refractivity contribution < 1.29 is 26.3 Å². The molecule has 0 aliphatic carbocycles. The number of hydrogen-bond donors (Lipinski definition) is 1. The molecular formula is C14H19F3N2O3S. The maximum absolute atomic E-state index is 12.5. The Morgan fingerprint density at radius 3 is 2.70 bits per heavy atom. The molecule has 130 valence electrons. The average Bonchev–Trinajstić information content (AvgIpc) is 2.45. The maximum atomic E-state index is 12.5. The van der Waals surface area contributed by atoms with Crippen LogP contribution in [0.25, 0.3) is 0 Å². The molecule has 0 fully saturated rings. The SMILES string of the molecule is CCOC(C)N1CCCc2ccc(NS(=O)(=O)C(F)(F)F)cc21. The fourth-order valence-corrected chi connectivity index (χ4v) is 3.14. The van der Waals surface area contributed by atoms with Gasteiger partial charge in [-0.25, -0.2) is 0 Å². The van der Waals surface area contributed by atoms with Gasteiger partial charge in [0, 0.05) is 18.8 Å². The summed E-state index contributed by atoms with van der Waals surface area (Å²) < 4.78 is 67.0. The van der Waals surface area contributed by atoms with Crippen molar-refractivity contribution in [1.29, 1.82) is 0 Å². The number of anilines is 2. The molecule has 1 N–H and O–H groups in total. The second kappa shape index (κ2) is 6.56. The van der Waals surface area contributed by atoms with Crippen molar-refractivity contribution in [2.45, 2.75) is 38.4 Å². The van der Waals surface area contributed by atoms with Crippen LogP contribution < -0.4 is 9.62 Å². The summed E-state index contributed by atoms with van der Waals surface area (Å²) in [7, 11) is -5.43. The summed E-state index contributed by atoms with van der Waals surface area (Å²) in [5, 5.41) is 0. The van der Waals surface area contributed by atoms with Gasteiger partial charge in [0.2, 0.25) is 0 Å². The van der Waals surface area contributed by atoms with E-state index in [0.717, 1.165) is 18.4 Å². The monoisotopic (exact) mass is 352 g/mol. The molecule has 0 aromatic heterocycles. The summed E-state index contributed by atoms with van der Waals surface area (Å²) in [6, 6.07) is 4.42. The Labute approximate surface area is 133 Å². The molecule has 0 bridgehead atoms. The molecule has 0 radical (unpaired) electrons. The van der Waals surface area contributed by atoms with Crippen LogP contribution in [0.5, 0.6) is 0 Å². The molecule has 0 amide bonds. The topological polar surface area (TPSA) is 58.6 Å². The number of aryl methyl sites for hydroxylation is 1. The van der Waals surface area contributed by atoms with E-state index in [9.17, 15) is 21.6 Å². The Kier molecular flexibility index (Phi) is 5.10. The number of ether oxygens (including phenoxy) is 1. The lowest BCUT2D eigenvalue weighted by Crippen LogP contribution is -2.39. The van der Waals surface area contributed by atoms with Gasteiger partial charge in [0.15, 0.2) is 0 Å². The molecule has 1 heterocycles. The minimum absolute atomic E-state index is 0.114. The first-order valence-corrected chi connectivity index (χ1v) is 8.74. The van der Waals surface area contributed by atoms with E-state index in [0.29, 0.717) is 18.8 Å². The van der Waals surface area contributed by atoms with Gasteiger partial charge in [0.05, 0.1) is 5.69 Å². The lowest BCUT2D eigenvalue weighted by molar-refractivity contribution is -0.0429. The molecule has 0 spiro atoms. The number of hydrogen-bond acceptors (Lipinski definition) is 4. The number of sulfonamides is 1. The average molecular weight is 352 g/mol. The van der Waals surface area contributed by atoms with Gasteiger partial charge < -0.3 is 9.64 Å². The Morgan fingerprint density at radius 2 is 2.09 bits per heavy atom. The second-order valence-corrected chi connectivity index (χ2v) is 6.92. The van der Waals surface area contributed by atoms with Gasteiger partial charge in [-0.1, -0.05) is 6.07 Å². The van der Waals surface area contributed by atoms with Crippen LogP contribution in [-0.4, -0.2) is 33.3 Å². The number of rotatable bonds is 5. The molecule has 2 rings (SSSR count). The van der Waals surface area contributed by atoms with Gasteiger partial charge in [-0.2, -0.15) is 21.6 Å². The smallest absolute Gasteiger partial charge is 0.359 e. The van der Waals surface area contributed by atoms with Crippen molar-refractivity contribution in [3.05, 3.63) is 23.8 Å². The van der Waals surface area contributed by atoms with E-state index in [-0.39, 0.29) is 11.9 Å². The number of benzene rings is 1. The molecular weight excluding hydrogens is 333 g/mol. The third kappa shape index (κ3) is 3.89. The Hall–Kier alpha value is -1.48. The second-order valence-electron chi connectivity index (χ2n) is 5.25. The standard InChI is InChI=1S/C14H19F3N2O3S/c1-3-22-10(2)19-8-4-5-11-6-7-12(9-13(11)19)18-23(20,21)14(15,16)17/h6-7,9-10,18H,3-5,8H2,1-2H3. The molecule has 0 saturated carbocycles. The van der Waals surface area contributed by atoms with E-state index in [4.69, 9.17) is 4.74 Å². The zero-order valence-corrected chi connectivity index (χ0v) is 13.7. The third-order valence-electron chi connectivity index (χ3n) is 3.64. The van der Waals surface area contributed by atoms with E-state index >= 15 is 0 Å². The van der Waals surface area contributed by atoms with Gasteiger partial charge in [-0.05, 0) is 44.4 Å². The lowest BCUT2D eigenvalue weighted by Gasteiger charge is -2.36. The largest absolute Gasteiger partial charge is 0.516 e. The van der Waals surface area contributed by atoms with Crippen molar-refractivity contribution in [1.82, 2.24) is 0 Å². The summed E-state index contributed by atoms with van der Waals surface area (Å²) in [5.41, 5.74) is -3.81. The van der Waals surface area contributed by atoms with Gasteiger partial charge in [0.1, 0.15) is 6.23 Å². The zero-order chi connectivity index (χ0) is 17.3. The summed E-state index contributed by atoms with van der Waals surface area (Å²) in [4.78, 5) is 1.92. The van der Waals surface area contributed by atoms with E-state index in [1.807, 2.05) is 18.7 Å². The Balaban J connectivity index is 2.32. The Morgan fingerprint density at radius 1 is 1.39 bits per heavy atom. The van der Waals surface area contributed by atoms with Crippen molar-refractivity contribution in [2.24, 2.45) is 0 Å². The number of nitrogens with zero attached hydrogens (tertiary/aromatic N) is 1. The molecule has 1 aliphatic rings. The molecule has 1 aromatic carbocycles. The minimum Gasteiger partial charge on any atom is -0.359 e. The first kappa shape index (κ1) is 17.9. The predicted octanol–water partition coefficient (Wildman–Crippen LogP) is 3.08. The van der Waals surface area contributed by atoms with Crippen LogP contribution in [0.15, 0.2) is 18.2 Å². The van der Waals surface area contributed by atoms with Crippen molar-refractivity contribution in [3.8, 4) is 0 Å². The normalized spacial score (nSPS) is 16.8. The molecule has 5 nitrogen and oxygen atoms in total. The number of fused-ring (bicyclic) bond motifs is 1. The van der Waals surface area contributed by atoms with Gasteiger partial charge in [-0.15, -0.1) is 0 Å². The molecule has 1 unspecified atom stereocenters. The molecule has 23 heavy (non-hydrogen) atoms. The highest BCUT2D eigenvalue weighted by Crippen LogP contribution is 2.33. The third-order valence-corrected chi connectivity index (χ3v) is 4.76. The van der Waals surface area contributed by atoms with E-state index in [1.54, 1.807) is 10.8 Å². The lowest BCUT2D eigenvalue weighted by atomic mass is 10.0. The van der Waals surface area contributed by atoms with Crippen molar-refractivity contribution >= 4 is 21.4 Å². The van der Waals surface area contributed by atoms with Crippen LogP contribution in [0.1, 0.15) is 25.8 Å². The van der Waals surface area contributed by atoms with E-state index in [2.05, 4.69) is 0 Å². The van der Waals surface area contributed by atoms with Gasteiger partial charge in [0.25, 0.3) is 0 Å². The Bertz CT molecular complexity index is 662. The van der Waals surface area contributed by atoms with Crippen LogP contribution in [0.4, 0.5) is 24.5 Å². The van der Waals surface area contributed by atoms with Crippen molar-refractivity contribution in [3.63, 3.8) is 0 Å². The fraction of sp³-hybridized carbons (Fsp3) is 0.571. The molecule has 1 aliphatic heterocycles. The zero-order valence-electron chi connectivity index (χ0n) is 12.9. The molecule has 9 heteroatoms. The quantitative estimate of drug-likeness (QED) is 0.885. The van der Waals surface area contributed by atoms with Crippen LogP contribution >= 0.6 is 0 Å². The van der Waals surface area contributed by atoms with Gasteiger partial charge >= 0.3 is 15.5 Å². The van der Waals surface area contributed by atoms with Crippen LogP contribution in [-0.2, 0) is 21.2 Å². The van der Waals surface area contributed by atoms with E-state index < -0.39 is 15.5 Å². The maximum Gasteiger partial charge on any atom is 0.516 e. The van der Waals surface area contributed by atoms with Gasteiger partial charge in [-0.3, -0.25) is 4.72 Å². The predicted molar refractivity (Wildman–Crippen MR) is 81.8 cm³/mol.